The standard InChI is InChI=1S/C35H52N4O5/c1-22(2)29(38(7)34(42)31(23(3)4)36-32(40)27-15-10-11-19-37(27)6)21-24(5)33(41)39-20-12-16-28(39)35(43)44-30-18-17-25-13-8-9-14-26(25)30/h8-9,13-14,21-23,27-31H,10-12,15-20H2,1-7H3,(H,36,40)/b24-21+/t27?,28-,29+,30+,31?/m0/s1. The van der Waals surface area contributed by atoms with Crippen molar-refractivity contribution in [2.24, 2.45) is 11.8 Å². The average molecular weight is 609 g/mol. The SMILES string of the molecule is C/C(=C\[C@H](C(C)C)N(C)C(=O)C(NC(=O)C1CCCCN1C)C(C)C)C(=O)N1CCC[C@H]1C(=O)O[C@@H]1CCc2ccccc21. The predicted octanol–water partition coefficient (Wildman–Crippen LogP) is 4.26. The van der Waals surface area contributed by atoms with Crippen molar-refractivity contribution in [1.29, 1.82) is 0 Å². The number of esters is 1. The van der Waals surface area contributed by atoms with Gasteiger partial charge in [0.25, 0.3) is 0 Å². The number of nitrogens with one attached hydrogen (secondary N) is 1. The van der Waals surface area contributed by atoms with Crippen LogP contribution in [0.3, 0.4) is 0 Å². The van der Waals surface area contributed by atoms with Gasteiger partial charge in [-0.2, -0.15) is 0 Å². The smallest absolute Gasteiger partial charge is 0.329 e. The van der Waals surface area contributed by atoms with Gasteiger partial charge in [0.05, 0.1) is 12.1 Å². The van der Waals surface area contributed by atoms with Crippen LogP contribution in [0.4, 0.5) is 0 Å². The molecule has 5 atom stereocenters. The van der Waals surface area contributed by atoms with Gasteiger partial charge in [-0.3, -0.25) is 19.3 Å². The van der Waals surface area contributed by atoms with E-state index in [-0.39, 0.29) is 53.7 Å². The molecule has 9 heteroatoms. The summed E-state index contributed by atoms with van der Waals surface area (Å²) in [6, 6.07) is 6.16. The van der Waals surface area contributed by atoms with E-state index in [0.717, 1.165) is 50.6 Å². The predicted molar refractivity (Wildman–Crippen MR) is 171 cm³/mol. The largest absolute Gasteiger partial charge is 0.456 e. The monoisotopic (exact) mass is 608 g/mol. The zero-order chi connectivity index (χ0) is 32.1. The first-order valence-corrected chi connectivity index (χ1v) is 16.5. The molecule has 1 aromatic rings. The van der Waals surface area contributed by atoms with Crippen LogP contribution in [-0.4, -0.2) is 89.7 Å². The van der Waals surface area contributed by atoms with Crippen LogP contribution in [-0.2, 0) is 30.3 Å². The van der Waals surface area contributed by atoms with Crippen molar-refractivity contribution in [2.45, 2.75) is 110 Å². The Balaban J connectivity index is 1.44. The number of carbonyl (C=O) groups is 4. The molecule has 0 bridgehead atoms. The van der Waals surface area contributed by atoms with Crippen molar-refractivity contribution in [1.82, 2.24) is 20.0 Å². The molecule has 0 radical (unpaired) electrons. The normalized spacial score (nSPS) is 23.8. The fourth-order valence-electron chi connectivity index (χ4n) is 6.96. The lowest BCUT2D eigenvalue weighted by Gasteiger charge is -2.36. The van der Waals surface area contributed by atoms with Gasteiger partial charge in [-0.25, -0.2) is 4.79 Å². The van der Waals surface area contributed by atoms with E-state index in [1.807, 2.05) is 59.0 Å². The Morgan fingerprint density at radius 1 is 0.955 bits per heavy atom. The Labute approximate surface area is 263 Å². The number of likely N-dealkylation sites (N-methyl/N-ethyl adjacent to an activating group) is 2. The maximum atomic E-state index is 13.8. The number of amides is 3. The molecule has 3 amide bonds. The van der Waals surface area contributed by atoms with E-state index >= 15 is 0 Å². The van der Waals surface area contributed by atoms with Gasteiger partial charge in [0.1, 0.15) is 18.2 Å². The number of nitrogens with zero attached hydrogens (tertiary/aromatic N) is 3. The summed E-state index contributed by atoms with van der Waals surface area (Å²) in [6.45, 7) is 11.0. The van der Waals surface area contributed by atoms with E-state index in [1.165, 1.54) is 5.56 Å². The number of piperidine rings is 1. The van der Waals surface area contributed by atoms with E-state index in [0.29, 0.717) is 18.5 Å². The Hall–Kier alpha value is -3.20. The number of hydrogen-bond donors (Lipinski definition) is 1. The van der Waals surface area contributed by atoms with Crippen LogP contribution in [0.5, 0.6) is 0 Å². The Kier molecular flexibility index (Phi) is 11.3. The molecule has 1 aliphatic carbocycles. The molecule has 2 fully saturated rings. The highest BCUT2D eigenvalue weighted by atomic mass is 16.5. The molecule has 2 saturated heterocycles. The summed E-state index contributed by atoms with van der Waals surface area (Å²) in [7, 11) is 3.70. The summed E-state index contributed by atoms with van der Waals surface area (Å²) in [5.74, 6) is -0.939. The highest BCUT2D eigenvalue weighted by molar-refractivity contribution is 5.96. The molecule has 4 rings (SSSR count). The van der Waals surface area contributed by atoms with Crippen LogP contribution in [0.15, 0.2) is 35.9 Å². The molecular weight excluding hydrogens is 556 g/mol. The van der Waals surface area contributed by atoms with Crippen LogP contribution in [0.1, 0.15) is 90.4 Å². The molecule has 1 aromatic carbocycles. The van der Waals surface area contributed by atoms with Gasteiger partial charge in [0, 0.05) is 19.2 Å². The fraction of sp³-hybridized carbons (Fsp3) is 0.657. The zero-order valence-electron chi connectivity index (χ0n) is 27.7. The second-order valence-corrected chi connectivity index (χ2v) is 13.6. The van der Waals surface area contributed by atoms with E-state index < -0.39 is 12.1 Å². The van der Waals surface area contributed by atoms with Crippen molar-refractivity contribution in [2.75, 3.05) is 27.2 Å². The van der Waals surface area contributed by atoms with Crippen LogP contribution in [0.2, 0.25) is 0 Å². The zero-order valence-corrected chi connectivity index (χ0v) is 27.7. The van der Waals surface area contributed by atoms with Gasteiger partial charge in [0.2, 0.25) is 17.7 Å². The average Bonchev–Trinajstić information content (AvgIpc) is 3.65. The molecule has 3 aliphatic rings. The maximum Gasteiger partial charge on any atom is 0.329 e. The summed E-state index contributed by atoms with van der Waals surface area (Å²) in [4.78, 5) is 59.4. The Morgan fingerprint density at radius 3 is 2.34 bits per heavy atom. The summed E-state index contributed by atoms with van der Waals surface area (Å²) in [5.41, 5.74) is 2.76. The maximum absolute atomic E-state index is 13.8. The second kappa shape index (κ2) is 14.7. The van der Waals surface area contributed by atoms with Gasteiger partial charge >= 0.3 is 5.97 Å². The second-order valence-electron chi connectivity index (χ2n) is 13.6. The third-order valence-electron chi connectivity index (χ3n) is 9.66. The minimum absolute atomic E-state index is 0.0152. The van der Waals surface area contributed by atoms with Crippen LogP contribution in [0.25, 0.3) is 0 Å². The highest BCUT2D eigenvalue weighted by Gasteiger charge is 2.39. The third kappa shape index (κ3) is 7.53. The molecule has 0 spiro atoms. The fourth-order valence-corrected chi connectivity index (χ4v) is 6.96. The van der Waals surface area contributed by atoms with Gasteiger partial charge in [-0.1, -0.05) is 64.5 Å². The molecule has 1 N–H and O–H groups in total. The number of aryl methyl sites for hydroxylation is 1. The van der Waals surface area contributed by atoms with E-state index in [4.69, 9.17) is 4.74 Å². The number of hydrogen-bond acceptors (Lipinski definition) is 6. The number of likely N-dealkylation sites (tertiary alicyclic amines) is 2. The first kappa shape index (κ1) is 33.7. The van der Waals surface area contributed by atoms with Crippen molar-refractivity contribution in [3.8, 4) is 0 Å². The third-order valence-corrected chi connectivity index (χ3v) is 9.66. The first-order valence-electron chi connectivity index (χ1n) is 16.5. The van der Waals surface area contributed by atoms with Crippen LogP contribution >= 0.6 is 0 Å². The number of ether oxygens (including phenoxy) is 1. The summed E-state index contributed by atoms with van der Waals surface area (Å²) in [5, 5.41) is 3.05. The number of carbonyl (C=O) groups excluding carboxylic acids is 4. The molecule has 2 unspecified atom stereocenters. The van der Waals surface area contributed by atoms with Crippen molar-refractivity contribution < 1.29 is 23.9 Å². The topological polar surface area (TPSA) is 99.3 Å². The molecule has 0 aromatic heterocycles. The summed E-state index contributed by atoms with van der Waals surface area (Å²) >= 11 is 0. The van der Waals surface area contributed by atoms with Crippen molar-refractivity contribution >= 4 is 23.7 Å². The minimum atomic E-state index is -0.674. The lowest BCUT2D eigenvalue weighted by atomic mass is 9.96. The number of rotatable bonds is 10. The molecule has 242 valence electrons. The van der Waals surface area contributed by atoms with E-state index in [9.17, 15) is 19.2 Å². The molecule has 2 aliphatic heterocycles. The van der Waals surface area contributed by atoms with Gasteiger partial charge in [-0.15, -0.1) is 0 Å². The van der Waals surface area contributed by atoms with Crippen LogP contribution in [0, 0.1) is 11.8 Å². The van der Waals surface area contributed by atoms with Crippen LogP contribution < -0.4 is 5.32 Å². The van der Waals surface area contributed by atoms with Gasteiger partial charge in [0.15, 0.2) is 0 Å². The van der Waals surface area contributed by atoms with E-state index in [2.05, 4.69) is 16.3 Å². The lowest BCUT2D eigenvalue weighted by molar-refractivity contribution is -0.157. The Bertz CT molecular complexity index is 1240. The quantitative estimate of drug-likeness (QED) is 0.315. The molecule has 2 heterocycles. The van der Waals surface area contributed by atoms with Crippen molar-refractivity contribution in [3.63, 3.8) is 0 Å². The van der Waals surface area contributed by atoms with Gasteiger partial charge < -0.3 is 19.9 Å². The molecular formula is C35H52N4O5. The highest BCUT2D eigenvalue weighted by Crippen LogP contribution is 2.35. The molecule has 44 heavy (non-hydrogen) atoms. The van der Waals surface area contributed by atoms with Gasteiger partial charge in [-0.05, 0) is 82.0 Å². The van der Waals surface area contributed by atoms with E-state index in [1.54, 1.807) is 23.8 Å². The first-order chi connectivity index (χ1) is 20.9. The summed E-state index contributed by atoms with van der Waals surface area (Å²) < 4.78 is 5.96. The van der Waals surface area contributed by atoms with Crippen molar-refractivity contribution in [3.05, 3.63) is 47.0 Å². The molecule has 9 nitrogen and oxygen atoms in total. The summed E-state index contributed by atoms with van der Waals surface area (Å²) in [6.07, 6.45) is 7.38. The lowest BCUT2D eigenvalue weighted by Crippen LogP contribution is -2.57. The Morgan fingerprint density at radius 2 is 1.66 bits per heavy atom. The number of benzene rings is 1. The number of fused-ring (bicyclic) bond motifs is 1. The molecule has 0 saturated carbocycles. The minimum Gasteiger partial charge on any atom is -0.456 e.